The fourth-order valence-electron chi connectivity index (χ4n) is 3.96. The third-order valence-electron chi connectivity index (χ3n) is 5.92. The summed E-state index contributed by atoms with van der Waals surface area (Å²) in [7, 11) is 0. The van der Waals surface area contributed by atoms with Gasteiger partial charge in [-0.2, -0.15) is 0 Å². The number of nitrogens with zero attached hydrogens (tertiary/aromatic N) is 2. The van der Waals surface area contributed by atoms with E-state index in [1.54, 1.807) is 11.8 Å². The van der Waals surface area contributed by atoms with Crippen LogP contribution in [0.4, 0.5) is 4.79 Å². The summed E-state index contributed by atoms with van der Waals surface area (Å²) in [5.74, 6) is 0.539. The molecule has 32 heavy (non-hydrogen) atoms. The summed E-state index contributed by atoms with van der Waals surface area (Å²) in [6.07, 6.45) is -0.338. The number of carbonyl (C=O) groups is 3. The lowest BCUT2D eigenvalue weighted by Crippen LogP contribution is -2.48. The molecule has 0 aromatic heterocycles. The maximum absolute atomic E-state index is 13.1. The predicted molar refractivity (Wildman–Crippen MR) is 117 cm³/mol. The summed E-state index contributed by atoms with van der Waals surface area (Å²) in [5.41, 5.74) is 0.526. The molecule has 168 valence electrons. The van der Waals surface area contributed by atoms with E-state index in [9.17, 15) is 14.4 Å². The zero-order valence-corrected chi connectivity index (χ0v) is 18.5. The van der Waals surface area contributed by atoms with E-state index in [0.29, 0.717) is 36.8 Å². The number of fused-ring (bicyclic) bond motifs is 1. The van der Waals surface area contributed by atoms with Crippen molar-refractivity contribution in [3.05, 3.63) is 59.7 Å². The van der Waals surface area contributed by atoms with Gasteiger partial charge in [0, 0.05) is 6.54 Å². The van der Waals surface area contributed by atoms with E-state index in [1.165, 1.54) is 0 Å². The number of urea groups is 1. The number of para-hydroxylation sites is 2. The molecule has 0 unspecified atom stereocenters. The smallest absolute Gasteiger partial charge is 0.325 e. The Hall–Kier alpha value is -3.55. The molecule has 8 nitrogen and oxygen atoms in total. The zero-order valence-electron chi connectivity index (χ0n) is 18.5. The minimum absolute atomic E-state index is 0.294. The molecule has 0 saturated carbocycles. The van der Waals surface area contributed by atoms with Crippen LogP contribution in [0.15, 0.2) is 48.5 Å². The number of ether oxygens (including phenoxy) is 2. The highest BCUT2D eigenvalue weighted by Gasteiger charge is 2.49. The van der Waals surface area contributed by atoms with E-state index >= 15 is 0 Å². The monoisotopic (exact) mass is 437 g/mol. The van der Waals surface area contributed by atoms with Crippen LogP contribution in [0.2, 0.25) is 0 Å². The lowest BCUT2D eigenvalue weighted by Gasteiger charge is -2.31. The summed E-state index contributed by atoms with van der Waals surface area (Å²) in [6, 6.07) is 14.2. The highest BCUT2D eigenvalue weighted by atomic mass is 16.6. The van der Waals surface area contributed by atoms with Crippen LogP contribution < -0.4 is 14.8 Å². The van der Waals surface area contributed by atoms with Gasteiger partial charge in [-0.05, 0) is 38.5 Å². The topological polar surface area (TPSA) is 88.2 Å². The highest BCUT2D eigenvalue weighted by Crippen LogP contribution is 2.31. The van der Waals surface area contributed by atoms with Crippen molar-refractivity contribution in [2.75, 3.05) is 26.2 Å². The van der Waals surface area contributed by atoms with Crippen LogP contribution in [0.1, 0.15) is 25.0 Å². The van der Waals surface area contributed by atoms with Crippen molar-refractivity contribution in [2.24, 2.45) is 0 Å². The van der Waals surface area contributed by atoms with E-state index in [1.807, 2.05) is 62.4 Å². The van der Waals surface area contributed by atoms with Gasteiger partial charge >= 0.3 is 6.03 Å². The molecule has 1 saturated heterocycles. The Bertz CT molecular complexity index is 1040. The van der Waals surface area contributed by atoms with E-state index in [-0.39, 0.29) is 18.6 Å². The predicted octanol–water partition coefficient (Wildman–Crippen LogP) is 2.45. The number of imide groups is 1. The first kappa shape index (κ1) is 21.7. The van der Waals surface area contributed by atoms with E-state index in [0.717, 1.165) is 10.5 Å². The maximum Gasteiger partial charge on any atom is 0.325 e. The number of rotatable bonds is 6. The van der Waals surface area contributed by atoms with Crippen LogP contribution in [-0.2, 0) is 15.1 Å². The first-order valence-corrected chi connectivity index (χ1v) is 10.7. The molecule has 1 N–H and O–H groups in total. The molecule has 0 aliphatic carbocycles. The minimum atomic E-state index is -1.20. The number of carbonyl (C=O) groups excluding carboxylic acids is 3. The lowest BCUT2D eigenvalue weighted by atomic mass is 9.91. The Morgan fingerprint density at radius 3 is 2.53 bits per heavy atom. The first-order valence-electron chi connectivity index (χ1n) is 10.7. The first-order chi connectivity index (χ1) is 15.3. The SMILES string of the molecule is CCN(C[C@H]1COc2ccccc2O1)C(=O)CN1C(=O)N[C@](C)(c2ccc(C)cc2)C1=O. The Morgan fingerprint density at radius 2 is 1.84 bits per heavy atom. The van der Waals surface area contributed by atoms with Crippen molar-refractivity contribution in [3.8, 4) is 11.5 Å². The van der Waals surface area contributed by atoms with E-state index < -0.39 is 17.5 Å². The average Bonchev–Trinajstić information content (AvgIpc) is 3.01. The molecule has 1 fully saturated rings. The number of hydrogen-bond donors (Lipinski definition) is 1. The van der Waals surface area contributed by atoms with E-state index in [2.05, 4.69) is 5.32 Å². The van der Waals surface area contributed by atoms with Gasteiger partial charge in [0.05, 0.1) is 6.54 Å². The van der Waals surface area contributed by atoms with Gasteiger partial charge in [-0.1, -0.05) is 42.0 Å². The molecular weight excluding hydrogens is 410 g/mol. The molecule has 4 rings (SSSR count). The lowest BCUT2D eigenvalue weighted by molar-refractivity contribution is -0.139. The van der Waals surface area contributed by atoms with Crippen molar-refractivity contribution < 1.29 is 23.9 Å². The van der Waals surface area contributed by atoms with Gasteiger partial charge in [0.15, 0.2) is 17.6 Å². The summed E-state index contributed by atoms with van der Waals surface area (Å²) < 4.78 is 11.7. The van der Waals surface area contributed by atoms with Crippen molar-refractivity contribution in [2.45, 2.75) is 32.4 Å². The van der Waals surface area contributed by atoms with Crippen LogP contribution in [0.25, 0.3) is 0 Å². The van der Waals surface area contributed by atoms with Gasteiger partial charge in [0.25, 0.3) is 5.91 Å². The number of amides is 4. The highest BCUT2D eigenvalue weighted by molar-refractivity contribution is 6.09. The quantitative estimate of drug-likeness (QED) is 0.702. The minimum Gasteiger partial charge on any atom is -0.486 e. The van der Waals surface area contributed by atoms with Gasteiger partial charge in [-0.25, -0.2) is 4.79 Å². The van der Waals surface area contributed by atoms with Gasteiger partial charge in [0.2, 0.25) is 5.91 Å². The van der Waals surface area contributed by atoms with Crippen LogP contribution >= 0.6 is 0 Å². The van der Waals surface area contributed by atoms with Crippen molar-refractivity contribution in [1.82, 2.24) is 15.1 Å². The number of benzene rings is 2. The zero-order chi connectivity index (χ0) is 22.9. The van der Waals surface area contributed by atoms with Crippen LogP contribution in [0, 0.1) is 6.92 Å². The molecule has 2 aromatic rings. The molecule has 2 atom stereocenters. The molecule has 0 spiro atoms. The molecule has 0 bridgehead atoms. The molecule has 4 amide bonds. The van der Waals surface area contributed by atoms with Crippen molar-refractivity contribution in [1.29, 1.82) is 0 Å². The Morgan fingerprint density at radius 1 is 1.16 bits per heavy atom. The van der Waals surface area contributed by atoms with Gasteiger partial charge in [-0.3, -0.25) is 14.5 Å². The second-order valence-electron chi connectivity index (χ2n) is 8.24. The average molecular weight is 437 g/mol. The standard InChI is InChI=1S/C24H27N3O5/c1-4-26(13-18-15-31-19-7-5-6-8-20(19)32-18)21(28)14-27-22(29)24(3,25-23(27)30)17-11-9-16(2)10-12-17/h5-12,18H,4,13-15H2,1-3H3,(H,25,30)/t18-,24+/m0/s1. The largest absolute Gasteiger partial charge is 0.486 e. The fourth-order valence-corrected chi connectivity index (χ4v) is 3.96. The number of likely N-dealkylation sites (N-methyl/N-ethyl adjacent to an activating group) is 1. The summed E-state index contributed by atoms with van der Waals surface area (Å²) in [5, 5.41) is 2.74. The van der Waals surface area contributed by atoms with Gasteiger partial charge in [0.1, 0.15) is 18.7 Å². The molecule has 0 radical (unpaired) electrons. The number of hydrogen-bond acceptors (Lipinski definition) is 5. The normalized spacial score (nSPS) is 22.0. The fraction of sp³-hybridized carbons (Fsp3) is 0.375. The second-order valence-corrected chi connectivity index (χ2v) is 8.24. The van der Waals surface area contributed by atoms with Gasteiger partial charge < -0.3 is 19.7 Å². The molecule has 8 heteroatoms. The van der Waals surface area contributed by atoms with Crippen LogP contribution in [0.5, 0.6) is 11.5 Å². The van der Waals surface area contributed by atoms with Crippen molar-refractivity contribution >= 4 is 17.8 Å². The number of aryl methyl sites for hydroxylation is 1. The Kier molecular flexibility index (Phi) is 5.78. The van der Waals surface area contributed by atoms with Crippen LogP contribution in [-0.4, -0.2) is 60.0 Å². The van der Waals surface area contributed by atoms with Gasteiger partial charge in [-0.15, -0.1) is 0 Å². The third-order valence-corrected chi connectivity index (χ3v) is 5.92. The molecule has 2 aromatic carbocycles. The summed E-state index contributed by atoms with van der Waals surface area (Å²) >= 11 is 0. The van der Waals surface area contributed by atoms with Crippen molar-refractivity contribution in [3.63, 3.8) is 0 Å². The molecular formula is C24H27N3O5. The second kappa shape index (κ2) is 8.53. The molecule has 2 aliphatic heterocycles. The molecule has 2 heterocycles. The Balaban J connectivity index is 1.42. The third kappa shape index (κ3) is 4.00. The Labute approximate surface area is 187 Å². The molecule has 2 aliphatic rings. The number of nitrogens with one attached hydrogen (secondary N) is 1. The summed E-state index contributed by atoms with van der Waals surface area (Å²) in [6.45, 7) is 6.15. The van der Waals surface area contributed by atoms with E-state index in [4.69, 9.17) is 9.47 Å². The van der Waals surface area contributed by atoms with Crippen LogP contribution in [0.3, 0.4) is 0 Å². The summed E-state index contributed by atoms with van der Waals surface area (Å²) in [4.78, 5) is 41.3. The maximum atomic E-state index is 13.1.